The molecule has 0 saturated carbocycles. The minimum Gasteiger partial charge on any atom is -0.359 e. The van der Waals surface area contributed by atoms with E-state index in [0.717, 1.165) is 11.3 Å². The number of nitrogens with one attached hydrogen (secondary N) is 2. The van der Waals surface area contributed by atoms with Crippen molar-refractivity contribution in [2.75, 3.05) is 0 Å². The van der Waals surface area contributed by atoms with E-state index in [1.165, 1.54) is 6.07 Å². The van der Waals surface area contributed by atoms with Gasteiger partial charge in [-0.05, 0) is 6.42 Å². The molecule has 2 heterocycles. The number of carbonyl (C=O) groups excluding carboxylic acids is 3. The monoisotopic (exact) mass is 281 g/mol. The zero-order chi connectivity index (χ0) is 14.7. The van der Waals surface area contributed by atoms with Gasteiger partial charge in [0.1, 0.15) is 6.04 Å². The molecule has 1 aromatic heterocycles. The molecule has 1 aliphatic rings. The van der Waals surface area contributed by atoms with Crippen molar-refractivity contribution < 1.29 is 18.9 Å². The Morgan fingerprint density at radius 2 is 2.35 bits per heavy atom. The highest BCUT2D eigenvalue weighted by atomic mass is 16.5. The zero-order valence-corrected chi connectivity index (χ0v) is 10.9. The van der Waals surface area contributed by atoms with Gasteiger partial charge in [-0.2, -0.15) is 0 Å². The van der Waals surface area contributed by atoms with Gasteiger partial charge in [0, 0.05) is 6.07 Å². The predicted molar refractivity (Wildman–Crippen MR) is 65.9 cm³/mol. The summed E-state index contributed by atoms with van der Waals surface area (Å²) in [5.41, 5.74) is 1.89. The van der Waals surface area contributed by atoms with E-state index in [9.17, 15) is 14.4 Å². The van der Waals surface area contributed by atoms with Gasteiger partial charge in [-0.15, -0.1) is 0 Å². The highest BCUT2D eigenvalue weighted by molar-refractivity contribution is 6.04. The molecule has 4 N–H and O–H groups in total. The fourth-order valence-corrected chi connectivity index (χ4v) is 1.94. The lowest BCUT2D eigenvalue weighted by molar-refractivity contribution is -0.128. The van der Waals surface area contributed by atoms with Crippen molar-refractivity contribution in [1.82, 2.24) is 20.8 Å². The summed E-state index contributed by atoms with van der Waals surface area (Å²) in [4.78, 5) is 35.9. The molecule has 2 rings (SSSR count). The Balaban J connectivity index is 2.06. The molecule has 1 aliphatic heterocycles. The van der Waals surface area contributed by atoms with Gasteiger partial charge < -0.3 is 9.84 Å². The summed E-state index contributed by atoms with van der Waals surface area (Å²) in [5, 5.41) is 6.09. The molecular formula is C11H15N5O4. The van der Waals surface area contributed by atoms with Crippen LogP contribution in [0.25, 0.3) is 0 Å². The third-order valence-electron chi connectivity index (χ3n) is 2.92. The summed E-state index contributed by atoms with van der Waals surface area (Å²) in [6.07, 6.45) is 1.37. The topological polar surface area (TPSA) is 131 Å². The Bertz CT molecular complexity index is 541. The van der Waals surface area contributed by atoms with Crippen LogP contribution in [0.4, 0.5) is 4.79 Å². The number of aromatic nitrogens is 1. The second-order valence-corrected chi connectivity index (χ2v) is 4.37. The number of hydrazine groups is 1. The largest absolute Gasteiger partial charge is 0.359 e. The molecule has 9 heteroatoms. The summed E-state index contributed by atoms with van der Waals surface area (Å²) in [6.45, 7) is 1.85. The average Bonchev–Trinajstić information content (AvgIpc) is 2.99. The quantitative estimate of drug-likeness (QED) is 0.288. The van der Waals surface area contributed by atoms with Gasteiger partial charge in [0.25, 0.3) is 11.8 Å². The van der Waals surface area contributed by atoms with E-state index in [-0.39, 0.29) is 23.9 Å². The predicted octanol–water partition coefficient (Wildman–Crippen LogP) is -0.501. The number of nitrogen functional groups attached to an aromatic ring is 1. The van der Waals surface area contributed by atoms with Gasteiger partial charge in [0.15, 0.2) is 11.5 Å². The number of rotatable bonds is 5. The van der Waals surface area contributed by atoms with Gasteiger partial charge in [-0.1, -0.05) is 18.5 Å². The normalized spacial score (nSPS) is 18.3. The molecule has 1 fully saturated rings. The van der Waals surface area contributed by atoms with Crippen LogP contribution in [0, 0.1) is 0 Å². The number of hydrogen-bond donors (Lipinski definition) is 3. The van der Waals surface area contributed by atoms with Crippen molar-refractivity contribution in [3.8, 4) is 0 Å². The van der Waals surface area contributed by atoms with Crippen LogP contribution in [0.3, 0.4) is 0 Å². The maximum Gasteiger partial charge on any atom is 0.325 e. The van der Waals surface area contributed by atoms with Crippen LogP contribution in [0.2, 0.25) is 0 Å². The van der Waals surface area contributed by atoms with Gasteiger partial charge in [0.2, 0.25) is 0 Å². The Kier molecular flexibility index (Phi) is 3.99. The van der Waals surface area contributed by atoms with Gasteiger partial charge in [-0.25, -0.2) is 10.6 Å². The molecule has 0 radical (unpaired) electrons. The van der Waals surface area contributed by atoms with Gasteiger partial charge in [0.05, 0.1) is 6.54 Å². The van der Waals surface area contributed by atoms with E-state index in [2.05, 4.69) is 10.5 Å². The first kappa shape index (κ1) is 14.0. The molecule has 1 aromatic rings. The molecule has 4 amide bonds. The molecule has 9 nitrogen and oxygen atoms in total. The molecule has 1 atom stereocenters. The lowest BCUT2D eigenvalue weighted by atomic mass is 10.2. The minimum atomic E-state index is -0.610. The maximum atomic E-state index is 12.0. The molecule has 1 unspecified atom stereocenters. The summed E-state index contributed by atoms with van der Waals surface area (Å²) in [7, 11) is 0. The first-order valence-electron chi connectivity index (χ1n) is 6.15. The molecular weight excluding hydrogens is 266 g/mol. The Hall–Kier alpha value is -2.42. The fraction of sp³-hybridized carbons (Fsp3) is 0.455. The molecule has 1 saturated heterocycles. The van der Waals surface area contributed by atoms with Crippen molar-refractivity contribution in [2.24, 2.45) is 5.84 Å². The van der Waals surface area contributed by atoms with E-state index in [1.54, 1.807) is 0 Å². The smallest absolute Gasteiger partial charge is 0.325 e. The number of amides is 4. The number of nitrogens with two attached hydrogens (primary N) is 1. The van der Waals surface area contributed by atoms with Crippen LogP contribution in [0.1, 0.15) is 36.0 Å². The van der Waals surface area contributed by atoms with Crippen molar-refractivity contribution in [3.05, 3.63) is 17.5 Å². The Morgan fingerprint density at radius 1 is 1.60 bits per heavy atom. The lowest BCUT2D eigenvalue weighted by Gasteiger charge is -2.10. The molecule has 20 heavy (non-hydrogen) atoms. The average molecular weight is 281 g/mol. The summed E-state index contributed by atoms with van der Waals surface area (Å²) < 4.78 is 4.90. The SMILES string of the molecule is CCCC1NC(=O)N(Cc2cc(C(=O)NN)no2)C1=O. The first-order chi connectivity index (χ1) is 9.56. The number of nitrogens with zero attached hydrogens (tertiary/aromatic N) is 2. The van der Waals surface area contributed by atoms with Crippen LogP contribution in [0.5, 0.6) is 0 Å². The van der Waals surface area contributed by atoms with E-state index in [4.69, 9.17) is 10.4 Å². The number of urea groups is 1. The van der Waals surface area contributed by atoms with Gasteiger partial charge in [-0.3, -0.25) is 19.9 Å². The van der Waals surface area contributed by atoms with Crippen LogP contribution in [-0.4, -0.2) is 33.9 Å². The van der Waals surface area contributed by atoms with E-state index >= 15 is 0 Å². The van der Waals surface area contributed by atoms with E-state index < -0.39 is 18.0 Å². The maximum absolute atomic E-state index is 12.0. The van der Waals surface area contributed by atoms with Gasteiger partial charge >= 0.3 is 6.03 Å². The van der Waals surface area contributed by atoms with Crippen molar-refractivity contribution in [1.29, 1.82) is 0 Å². The van der Waals surface area contributed by atoms with E-state index in [1.807, 2.05) is 12.3 Å². The number of imide groups is 1. The molecule has 0 bridgehead atoms. The molecule has 108 valence electrons. The minimum absolute atomic E-state index is 0.0142. The number of hydrogen-bond acceptors (Lipinski definition) is 6. The molecule has 0 aromatic carbocycles. The molecule has 0 spiro atoms. The third-order valence-corrected chi connectivity index (χ3v) is 2.92. The summed E-state index contributed by atoms with van der Waals surface area (Å²) >= 11 is 0. The standard InChI is InChI=1S/C11H15N5O4/c1-2-3-7-10(18)16(11(19)13-7)5-6-4-8(15-20-6)9(17)14-12/h4,7H,2-3,5,12H2,1H3,(H,13,19)(H,14,17). The lowest BCUT2D eigenvalue weighted by Crippen LogP contribution is -2.31. The summed E-state index contributed by atoms with van der Waals surface area (Å²) in [6, 6.07) is 0.354. The zero-order valence-electron chi connectivity index (χ0n) is 10.9. The van der Waals surface area contributed by atoms with Crippen LogP contribution >= 0.6 is 0 Å². The second kappa shape index (κ2) is 5.70. The first-order valence-corrected chi connectivity index (χ1v) is 6.15. The third kappa shape index (κ3) is 2.62. The molecule has 0 aliphatic carbocycles. The second-order valence-electron chi connectivity index (χ2n) is 4.37. The van der Waals surface area contributed by atoms with Crippen molar-refractivity contribution in [2.45, 2.75) is 32.4 Å². The highest BCUT2D eigenvalue weighted by Crippen LogP contribution is 2.15. The highest BCUT2D eigenvalue weighted by Gasteiger charge is 2.37. The Labute approximate surface area is 114 Å². The fourth-order valence-electron chi connectivity index (χ4n) is 1.94. The van der Waals surface area contributed by atoms with Crippen molar-refractivity contribution in [3.63, 3.8) is 0 Å². The van der Waals surface area contributed by atoms with Crippen LogP contribution in [0.15, 0.2) is 10.6 Å². The van der Waals surface area contributed by atoms with Crippen LogP contribution in [-0.2, 0) is 11.3 Å². The number of carbonyl (C=O) groups is 3. The van der Waals surface area contributed by atoms with E-state index in [0.29, 0.717) is 6.42 Å². The van der Waals surface area contributed by atoms with Crippen LogP contribution < -0.4 is 16.6 Å². The van der Waals surface area contributed by atoms with Crippen molar-refractivity contribution >= 4 is 17.8 Å². The summed E-state index contributed by atoms with van der Waals surface area (Å²) in [5.74, 6) is 4.27. The Morgan fingerprint density at radius 3 is 3.00 bits per heavy atom.